The van der Waals surface area contributed by atoms with Gasteiger partial charge >= 0.3 is 0 Å². The summed E-state index contributed by atoms with van der Waals surface area (Å²) < 4.78 is 0. The van der Waals surface area contributed by atoms with Crippen LogP contribution in [-0.4, -0.2) is 30.1 Å². The molecule has 19 heavy (non-hydrogen) atoms. The van der Waals surface area contributed by atoms with E-state index >= 15 is 0 Å². The van der Waals surface area contributed by atoms with Crippen molar-refractivity contribution in [2.45, 2.75) is 33.1 Å². The standard InChI is InChI=1S/C14H25N5/c1-10(2)11-5-4-7-19(8-6-11)13-9-12(16-3)17-14(15)18-13/h9-11H,4-8H2,1-3H3,(H3,15,16,17,18). The average molecular weight is 263 g/mol. The average Bonchev–Trinajstić information content (AvgIpc) is 2.63. The van der Waals surface area contributed by atoms with Gasteiger partial charge in [0.25, 0.3) is 0 Å². The van der Waals surface area contributed by atoms with E-state index in [-0.39, 0.29) is 0 Å². The highest BCUT2D eigenvalue weighted by atomic mass is 15.2. The molecule has 106 valence electrons. The van der Waals surface area contributed by atoms with Crippen molar-refractivity contribution < 1.29 is 0 Å². The van der Waals surface area contributed by atoms with E-state index in [2.05, 4.69) is 34.0 Å². The second-order valence-corrected chi connectivity index (χ2v) is 5.64. The third-order valence-electron chi connectivity index (χ3n) is 4.03. The molecule has 0 radical (unpaired) electrons. The van der Waals surface area contributed by atoms with Crippen LogP contribution in [0.15, 0.2) is 6.07 Å². The van der Waals surface area contributed by atoms with Crippen molar-refractivity contribution in [1.29, 1.82) is 0 Å². The molecule has 2 heterocycles. The molecular weight excluding hydrogens is 238 g/mol. The zero-order chi connectivity index (χ0) is 13.8. The van der Waals surface area contributed by atoms with E-state index < -0.39 is 0 Å². The summed E-state index contributed by atoms with van der Waals surface area (Å²) in [6.45, 7) is 6.76. The van der Waals surface area contributed by atoms with Crippen LogP contribution >= 0.6 is 0 Å². The summed E-state index contributed by atoms with van der Waals surface area (Å²) in [6.07, 6.45) is 3.77. The highest BCUT2D eigenvalue weighted by molar-refractivity contribution is 5.52. The third kappa shape index (κ3) is 3.49. The van der Waals surface area contributed by atoms with Gasteiger partial charge in [0, 0.05) is 26.2 Å². The number of nitrogens with zero attached hydrogens (tertiary/aromatic N) is 3. The van der Waals surface area contributed by atoms with Gasteiger partial charge in [0.2, 0.25) is 5.95 Å². The lowest BCUT2D eigenvalue weighted by Gasteiger charge is -2.23. The molecule has 5 heteroatoms. The van der Waals surface area contributed by atoms with Crippen molar-refractivity contribution in [3.63, 3.8) is 0 Å². The molecule has 1 fully saturated rings. The van der Waals surface area contributed by atoms with E-state index in [1.54, 1.807) is 0 Å². The van der Waals surface area contributed by atoms with Crippen molar-refractivity contribution in [2.24, 2.45) is 11.8 Å². The first-order chi connectivity index (χ1) is 9.10. The summed E-state index contributed by atoms with van der Waals surface area (Å²) in [5.41, 5.74) is 5.77. The van der Waals surface area contributed by atoms with Gasteiger partial charge in [-0.1, -0.05) is 13.8 Å². The molecule has 1 aliphatic rings. The van der Waals surface area contributed by atoms with Gasteiger partial charge in [0.1, 0.15) is 11.6 Å². The molecule has 1 aromatic rings. The number of rotatable bonds is 3. The quantitative estimate of drug-likeness (QED) is 0.876. The molecule has 0 aromatic carbocycles. The van der Waals surface area contributed by atoms with Gasteiger partial charge in [0.15, 0.2) is 0 Å². The van der Waals surface area contributed by atoms with Crippen LogP contribution in [0.25, 0.3) is 0 Å². The minimum Gasteiger partial charge on any atom is -0.373 e. The van der Waals surface area contributed by atoms with Crippen LogP contribution in [0.4, 0.5) is 17.6 Å². The van der Waals surface area contributed by atoms with E-state index in [1.165, 1.54) is 19.3 Å². The first kappa shape index (κ1) is 13.9. The highest BCUT2D eigenvalue weighted by Crippen LogP contribution is 2.27. The van der Waals surface area contributed by atoms with Crippen molar-refractivity contribution in [2.75, 3.05) is 36.1 Å². The minimum absolute atomic E-state index is 0.339. The maximum Gasteiger partial charge on any atom is 0.223 e. The number of hydrogen-bond donors (Lipinski definition) is 2. The monoisotopic (exact) mass is 263 g/mol. The van der Waals surface area contributed by atoms with Gasteiger partial charge in [-0.15, -0.1) is 0 Å². The van der Waals surface area contributed by atoms with Gasteiger partial charge < -0.3 is 16.0 Å². The first-order valence-corrected chi connectivity index (χ1v) is 7.17. The number of nitrogens with two attached hydrogens (primary N) is 1. The number of hydrogen-bond acceptors (Lipinski definition) is 5. The summed E-state index contributed by atoms with van der Waals surface area (Å²) >= 11 is 0. The molecule has 2 rings (SSSR count). The molecule has 1 unspecified atom stereocenters. The minimum atomic E-state index is 0.339. The number of nitrogen functional groups attached to an aromatic ring is 1. The van der Waals surface area contributed by atoms with E-state index in [4.69, 9.17) is 5.73 Å². The molecule has 1 aromatic heterocycles. The van der Waals surface area contributed by atoms with Crippen molar-refractivity contribution >= 4 is 17.6 Å². The van der Waals surface area contributed by atoms with Crippen LogP contribution in [0.3, 0.4) is 0 Å². The van der Waals surface area contributed by atoms with Crippen molar-refractivity contribution in [3.05, 3.63) is 6.07 Å². The zero-order valence-corrected chi connectivity index (χ0v) is 12.2. The Bertz CT molecular complexity index is 418. The van der Waals surface area contributed by atoms with Crippen LogP contribution in [0, 0.1) is 11.8 Å². The van der Waals surface area contributed by atoms with Crippen LogP contribution in [0.5, 0.6) is 0 Å². The fourth-order valence-electron chi connectivity index (χ4n) is 2.76. The van der Waals surface area contributed by atoms with Crippen molar-refractivity contribution in [3.8, 4) is 0 Å². The molecule has 1 saturated heterocycles. The molecule has 0 bridgehead atoms. The molecule has 5 nitrogen and oxygen atoms in total. The summed E-state index contributed by atoms with van der Waals surface area (Å²) in [7, 11) is 1.85. The summed E-state index contributed by atoms with van der Waals surface area (Å²) in [5.74, 6) is 3.66. The summed E-state index contributed by atoms with van der Waals surface area (Å²) in [4.78, 5) is 10.8. The van der Waals surface area contributed by atoms with Gasteiger partial charge in [0.05, 0.1) is 0 Å². The van der Waals surface area contributed by atoms with Gasteiger partial charge in [-0.25, -0.2) is 0 Å². The van der Waals surface area contributed by atoms with E-state index in [0.717, 1.165) is 36.6 Å². The van der Waals surface area contributed by atoms with Gasteiger partial charge in [-0.2, -0.15) is 9.97 Å². The zero-order valence-electron chi connectivity index (χ0n) is 12.2. The van der Waals surface area contributed by atoms with Gasteiger partial charge in [-0.05, 0) is 31.1 Å². The lowest BCUT2D eigenvalue weighted by atomic mass is 9.89. The smallest absolute Gasteiger partial charge is 0.223 e. The number of anilines is 3. The molecule has 0 saturated carbocycles. The Balaban J connectivity index is 2.11. The van der Waals surface area contributed by atoms with E-state index in [1.807, 2.05) is 13.1 Å². The fourth-order valence-corrected chi connectivity index (χ4v) is 2.76. The molecular formula is C14H25N5. The summed E-state index contributed by atoms with van der Waals surface area (Å²) in [6, 6.07) is 1.98. The second kappa shape index (κ2) is 6.08. The molecule has 3 N–H and O–H groups in total. The first-order valence-electron chi connectivity index (χ1n) is 7.17. The molecule has 1 aliphatic heterocycles. The molecule has 0 aliphatic carbocycles. The lowest BCUT2D eigenvalue weighted by Crippen LogP contribution is -2.26. The largest absolute Gasteiger partial charge is 0.373 e. The predicted octanol–water partition coefficient (Wildman–Crippen LogP) is 2.36. The Hall–Kier alpha value is -1.52. The summed E-state index contributed by atoms with van der Waals surface area (Å²) in [5, 5.41) is 3.03. The number of nitrogens with one attached hydrogen (secondary N) is 1. The second-order valence-electron chi connectivity index (χ2n) is 5.64. The molecule has 0 amide bonds. The maximum absolute atomic E-state index is 5.77. The Labute approximate surface area is 115 Å². The van der Waals surface area contributed by atoms with E-state index in [0.29, 0.717) is 5.95 Å². The van der Waals surface area contributed by atoms with Crippen LogP contribution in [0.1, 0.15) is 33.1 Å². The third-order valence-corrected chi connectivity index (χ3v) is 4.03. The Kier molecular flexibility index (Phi) is 4.45. The molecule has 0 spiro atoms. The van der Waals surface area contributed by atoms with Gasteiger partial charge in [-0.3, -0.25) is 0 Å². The maximum atomic E-state index is 5.77. The lowest BCUT2D eigenvalue weighted by molar-refractivity contribution is 0.351. The van der Waals surface area contributed by atoms with Crippen LogP contribution < -0.4 is 16.0 Å². The topological polar surface area (TPSA) is 67.1 Å². The SMILES string of the molecule is CNc1cc(N2CCCC(C(C)C)CC2)nc(N)n1. The fraction of sp³-hybridized carbons (Fsp3) is 0.714. The Morgan fingerprint density at radius 1 is 1.32 bits per heavy atom. The number of aromatic nitrogens is 2. The Morgan fingerprint density at radius 2 is 2.11 bits per heavy atom. The Morgan fingerprint density at radius 3 is 2.79 bits per heavy atom. The normalized spacial score (nSPS) is 20.4. The van der Waals surface area contributed by atoms with Crippen LogP contribution in [-0.2, 0) is 0 Å². The van der Waals surface area contributed by atoms with Crippen molar-refractivity contribution in [1.82, 2.24) is 9.97 Å². The molecule has 1 atom stereocenters. The highest BCUT2D eigenvalue weighted by Gasteiger charge is 2.20. The predicted molar refractivity (Wildman–Crippen MR) is 80.4 cm³/mol. The van der Waals surface area contributed by atoms with E-state index in [9.17, 15) is 0 Å². The van der Waals surface area contributed by atoms with Crippen LogP contribution in [0.2, 0.25) is 0 Å².